The SMILES string of the molecule is O=C1NC(=N[C@H]2C[C@H]3CC[C@H]2C3)SC12CCCCC2. The van der Waals surface area contributed by atoms with Crippen molar-refractivity contribution < 1.29 is 4.79 Å². The Morgan fingerprint density at radius 2 is 2.00 bits per heavy atom. The second-order valence-corrected chi connectivity index (χ2v) is 8.16. The molecule has 3 saturated carbocycles. The van der Waals surface area contributed by atoms with E-state index in [1.807, 2.05) is 0 Å². The Hall–Kier alpha value is -0.510. The number of amidine groups is 1. The molecule has 1 N–H and O–H groups in total. The van der Waals surface area contributed by atoms with Gasteiger partial charge in [-0.2, -0.15) is 0 Å². The average molecular weight is 278 g/mol. The van der Waals surface area contributed by atoms with E-state index in [9.17, 15) is 4.79 Å². The molecule has 0 aromatic heterocycles. The van der Waals surface area contributed by atoms with Crippen LogP contribution < -0.4 is 5.32 Å². The lowest BCUT2D eigenvalue weighted by Gasteiger charge is -2.28. The zero-order valence-corrected chi connectivity index (χ0v) is 12.2. The maximum atomic E-state index is 12.3. The highest BCUT2D eigenvalue weighted by molar-refractivity contribution is 8.16. The predicted octanol–water partition coefficient (Wildman–Crippen LogP) is 3.10. The van der Waals surface area contributed by atoms with Gasteiger partial charge in [-0.1, -0.05) is 37.4 Å². The van der Waals surface area contributed by atoms with Crippen molar-refractivity contribution in [2.75, 3.05) is 0 Å². The lowest BCUT2D eigenvalue weighted by Crippen LogP contribution is -2.38. The highest BCUT2D eigenvalue weighted by Crippen LogP contribution is 2.48. The summed E-state index contributed by atoms with van der Waals surface area (Å²) in [6.07, 6.45) is 11.2. The minimum absolute atomic E-state index is 0.158. The van der Waals surface area contributed by atoms with Crippen molar-refractivity contribution in [3.05, 3.63) is 0 Å². The van der Waals surface area contributed by atoms with Crippen molar-refractivity contribution in [3.8, 4) is 0 Å². The molecule has 2 bridgehead atoms. The second-order valence-electron chi connectivity index (χ2n) is 6.79. The smallest absolute Gasteiger partial charge is 0.242 e. The standard InChI is InChI=1S/C15H22N2OS/c18-13-15(6-2-1-3-7-15)19-14(17-13)16-12-9-10-4-5-11(12)8-10/h10-12H,1-9H2,(H,16,17,18)/t10-,11-,12-/m0/s1. The van der Waals surface area contributed by atoms with Crippen LogP contribution in [-0.4, -0.2) is 21.9 Å². The molecule has 1 aliphatic heterocycles. The van der Waals surface area contributed by atoms with Crippen molar-refractivity contribution in [2.24, 2.45) is 16.8 Å². The molecule has 0 aromatic carbocycles. The van der Waals surface area contributed by atoms with Crippen molar-refractivity contribution in [1.82, 2.24) is 5.32 Å². The lowest BCUT2D eigenvalue weighted by molar-refractivity contribution is -0.122. The molecular formula is C15H22N2OS. The van der Waals surface area contributed by atoms with Gasteiger partial charge in [-0.3, -0.25) is 9.79 Å². The molecule has 104 valence electrons. The molecule has 4 fully saturated rings. The summed E-state index contributed by atoms with van der Waals surface area (Å²) in [5.74, 6) is 1.96. The molecule has 1 saturated heterocycles. The Kier molecular flexibility index (Phi) is 2.90. The van der Waals surface area contributed by atoms with E-state index in [4.69, 9.17) is 4.99 Å². The first-order chi connectivity index (χ1) is 9.25. The summed E-state index contributed by atoms with van der Waals surface area (Å²) in [5.41, 5.74) is 0. The molecular weight excluding hydrogens is 256 g/mol. The maximum Gasteiger partial charge on any atom is 0.242 e. The summed E-state index contributed by atoms with van der Waals surface area (Å²) in [6.45, 7) is 0. The number of nitrogens with zero attached hydrogens (tertiary/aromatic N) is 1. The van der Waals surface area contributed by atoms with E-state index in [2.05, 4.69) is 5.32 Å². The van der Waals surface area contributed by atoms with Crippen LogP contribution in [0.1, 0.15) is 57.8 Å². The predicted molar refractivity (Wildman–Crippen MR) is 78.2 cm³/mol. The first-order valence-electron chi connectivity index (χ1n) is 7.83. The number of nitrogens with one attached hydrogen (secondary N) is 1. The zero-order chi connectivity index (χ0) is 12.9. The van der Waals surface area contributed by atoms with E-state index in [-0.39, 0.29) is 10.7 Å². The van der Waals surface area contributed by atoms with E-state index in [0.29, 0.717) is 6.04 Å². The first kappa shape index (κ1) is 12.2. The van der Waals surface area contributed by atoms with Gasteiger partial charge in [0, 0.05) is 0 Å². The fraction of sp³-hybridized carbons (Fsp3) is 0.867. The van der Waals surface area contributed by atoms with Crippen LogP contribution in [0.2, 0.25) is 0 Å². The number of rotatable bonds is 1. The van der Waals surface area contributed by atoms with Gasteiger partial charge in [-0.15, -0.1) is 0 Å². The van der Waals surface area contributed by atoms with Crippen molar-refractivity contribution in [2.45, 2.75) is 68.6 Å². The van der Waals surface area contributed by atoms with Gasteiger partial charge in [0.25, 0.3) is 0 Å². The van der Waals surface area contributed by atoms with Gasteiger partial charge < -0.3 is 5.32 Å². The molecule has 3 atom stereocenters. The van der Waals surface area contributed by atoms with E-state index < -0.39 is 0 Å². The molecule has 3 aliphatic carbocycles. The van der Waals surface area contributed by atoms with E-state index in [1.165, 1.54) is 44.9 Å². The summed E-state index contributed by atoms with van der Waals surface area (Å²) < 4.78 is -0.158. The number of carbonyl (C=O) groups is 1. The van der Waals surface area contributed by atoms with Crippen LogP contribution in [-0.2, 0) is 4.79 Å². The second kappa shape index (κ2) is 4.51. The van der Waals surface area contributed by atoms with Crippen LogP contribution in [0.15, 0.2) is 4.99 Å². The van der Waals surface area contributed by atoms with Gasteiger partial charge in [0.2, 0.25) is 5.91 Å². The van der Waals surface area contributed by atoms with Gasteiger partial charge in [-0.05, 0) is 43.9 Å². The average Bonchev–Trinajstić information content (AvgIpc) is 3.08. The molecule has 4 rings (SSSR count). The number of hydrogen-bond donors (Lipinski definition) is 1. The Morgan fingerprint density at radius 1 is 1.16 bits per heavy atom. The summed E-state index contributed by atoms with van der Waals surface area (Å²) >= 11 is 1.75. The van der Waals surface area contributed by atoms with E-state index in [0.717, 1.165) is 29.8 Å². The fourth-order valence-corrected chi connectivity index (χ4v) is 5.84. The molecule has 1 heterocycles. The zero-order valence-electron chi connectivity index (χ0n) is 11.4. The minimum atomic E-state index is -0.158. The Balaban J connectivity index is 1.50. The molecule has 0 unspecified atom stereocenters. The van der Waals surface area contributed by atoms with Gasteiger partial charge >= 0.3 is 0 Å². The summed E-state index contributed by atoms with van der Waals surface area (Å²) in [5, 5.41) is 4.01. The fourth-order valence-electron chi connectivity index (χ4n) is 4.50. The topological polar surface area (TPSA) is 41.5 Å². The Bertz CT molecular complexity index is 428. The number of carbonyl (C=O) groups excluding carboxylic acids is 1. The molecule has 1 spiro atoms. The minimum Gasteiger partial charge on any atom is -0.304 e. The van der Waals surface area contributed by atoms with Crippen LogP contribution in [0.5, 0.6) is 0 Å². The largest absolute Gasteiger partial charge is 0.304 e. The molecule has 0 aromatic rings. The van der Waals surface area contributed by atoms with Crippen LogP contribution in [0.25, 0.3) is 0 Å². The highest BCUT2D eigenvalue weighted by atomic mass is 32.2. The van der Waals surface area contributed by atoms with Gasteiger partial charge in [0.1, 0.15) is 4.75 Å². The molecule has 4 heteroatoms. The molecule has 3 nitrogen and oxygen atoms in total. The van der Waals surface area contributed by atoms with Crippen LogP contribution in [0.4, 0.5) is 0 Å². The number of hydrogen-bond acceptors (Lipinski definition) is 3. The van der Waals surface area contributed by atoms with E-state index in [1.54, 1.807) is 11.8 Å². The van der Waals surface area contributed by atoms with E-state index >= 15 is 0 Å². The van der Waals surface area contributed by atoms with Crippen LogP contribution in [0, 0.1) is 11.8 Å². The summed E-state index contributed by atoms with van der Waals surface area (Å²) in [7, 11) is 0. The normalized spacial score (nSPS) is 42.2. The van der Waals surface area contributed by atoms with Crippen LogP contribution >= 0.6 is 11.8 Å². The number of fused-ring (bicyclic) bond motifs is 2. The molecule has 4 aliphatic rings. The van der Waals surface area contributed by atoms with Gasteiger partial charge in [0.15, 0.2) is 5.17 Å². The van der Waals surface area contributed by atoms with Crippen molar-refractivity contribution in [3.63, 3.8) is 0 Å². The third-order valence-electron chi connectivity index (χ3n) is 5.57. The third-order valence-corrected chi connectivity index (χ3v) is 6.96. The third kappa shape index (κ3) is 2.03. The summed E-state index contributed by atoms with van der Waals surface area (Å²) in [6, 6.07) is 0.500. The monoisotopic (exact) mass is 278 g/mol. The first-order valence-corrected chi connectivity index (χ1v) is 8.65. The maximum absolute atomic E-state index is 12.3. The Morgan fingerprint density at radius 3 is 2.68 bits per heavy atom. The highest BCUT2D eigenvalue weighted by Gasteiger charge is 2.48. The van der Waals surface area contributed by atoms with Gasteiger partial charge in [-0.25, -0.2) is 0 Å². The lowest BCUT2D eigenvalue weighted by atomic mass is 9.88. The van der Waals surface area contributed by atoms with Crippen LogP contribution in [0.3, 0.4) is 0 Å². The van der Waals surface area contributed by atoms with Gasteiger partial charge in [0.05, 0.1) is 6.04 Å². The molecule has 0 radical (unpaired) electrons. The summed E-state index contributed by atoms with van der Waals surface area (Å²) in [4.78, 5) is 17.2. The van der Waals surface area contributed by atoms with Crippen molar-refractivity contribution in [1.29, 1.82) is 0 Å². The quantitative estimate of drug-likeness (QED) is 0.801. The Labute approximate surface area is 119 Å². The molecule has 19 heavy (non-hydrogen) atoms. The molecule has 1 amide bonds. The number of aliphatic imine (C=N–C) groups is 1. The number of thioether (sulfide) groups is 1. The van der Waals surface area contributed by atoms with Crippen molar-refractivity contribution >= 4 is 22.8 Å². The number of amides is 1.